The molecular formula is C24H30N2O4. The first kappa shape index (κ1) is 21.8. The van der Waals surface area contributed by atoms with Crippen LogP contribution in [-0.4, -0.2) is 41.5 Å². The molecule has 1 aromatic carbocycles. The molecule has 160 valence electrons. The van der Waals surface area contributed by atoms with Crippen molar-refractivity contribution in [3.8, 4) is 0 Å². The van der Waals surface area contributed by atoms with Crippen LogP contribution in [0.4, 0.5) is 0 Å². The number of aromatic nitrogens is 1. The van der Waals surface area contributed by atoms with Crippen LogP contribution < -0.4 is 5.56 Å². The summed E-state index contributed by atoms with van der Waals surface area (Å²) in [6.07, 6.45) is 2.70. The van der Waals surface area contributed by atoms with Crippen LogP contribution in [0.2, 0.25) is 0 Å². The molecule has 1 amide bonds. The number of nitrogens with one attached hydrogen (secondary N) is 1. The Balaban J connectivity index is 1.87. The molecule has 0 unspecified atom stereocenters. The molecule has 0 saturated carbocycles. The van der Waals surface area contributed by atoms with Gasteiger partial charge in [0.15, 0.2) is 0 Å². The van der Waals surface area contributed by atoms with Crippen molar-refractivity contribution in [3.63, 3.8) is 0 Å². The molecule has 1 N–H and O–H groups in total. The van der Waals surface area contributed by atoms with Crippen molar-refractivity contribution in [1.29, 1.82) is 0 Å². The van der Waals surface area contributed by atoms with Gasteiger partial charge in [-0.3, -0.25) is 14.4 Å². The molecule has 0 spiro atoms. The van der Waals surface area contributed by atoms with Crippen LogP contribution in [-0.2, 0) is 16.0 Å². The van der Waals surface area contributed by atoms with E-state index in [0.717, 1.165) is 17.7 Å². The zero-order valence-electron chi connectivity index (χ0n) is 18.0. The highest BCUT2D eigenvalue weighted by molar-refractivity contribution is 5.95. The van der Waals surface area contributed by atoms with Gasteiger partial charge in [-0.1, -0.05) is 30.3 Å². The standard InChI is InChI=1S/C24H30N2O4/c1-4-30-23(29)24(13-11-19-9-6-5-7-10-19)12-8-14-26(16-24)22(28)20-17(2)15-18(3)25-21(20)27/h5-7,9-10,15H,4,8,11-14,16H2,1-3H3,(H,25,27)/t24-/m0/s1. The molecule has 0 bridgehead atoms. The largest absolute Gasteiger partial charge is 0.466 e. The molecule has 30 heavy (non-hydrogen) atoms. The number of amides is 1. The van der Waals surface area contributed by atoms with Gasteiger partial charge in [0, 0.05) is 18.8 Å². The second-order valence-corrected chi connectivity index (χ2v) is 8.16. The van der Waals surface area contributed by atoms with Gasteiger partial charge in [0.2, 0.25) is 0 Å². The van der Waals surface area contributed by atoms with Crippen molar-refractivity contribution >= 4 is 11.9 Å². The van der Waals surface area contributed by atoms with E-state index in [9.17, 15) is 14.4 Å². The third-order valence-electron chi connectivity index (χ3n) is 5.89. The van der Waals surface area contributed by atoms with Crippen LogP contribution in [0.3, 0.4) is 0 Å². The lowest BCUT2D eigenvalue weighted by atomic mass is 9.75. The Morgan fingerprint density at radius 2 is 1.93 bits per heavy atom. The first-order chi connectivity index (χ1) is 14.4. The first-order valence-electron chi connectivity index (χ1n) is 10.6. The molecule has 1 saturated heterocycles. The molecule has 3 rings (SSSR count). The maximum absolute atomic E-state index is 13.2. The number of carbonyl (C=O) groups is 2. The molecule has 1 aromatic heterocycles. The molecule has 0 radical (unpaired) electrons. The summed E-state index contributed by atoms with van der Waals surface area (Å²) in [6.45, 7) is 6.45. The Kier molecular flexibility index (Phi) is 6.75. The second kappa shape index (κ2) is 9.28. The van der Waals surface area contributed by atoms with Gasteiger partial charge < -0.3 is 14.6 Å². The van der Waals surface area contributed by atoms with E-state index in [-0.39, 0.29) is 29.5 Å². The molecule has 1 aliphatic heterocycles. The number of benzene rings is 1. The number of nitrogens with zero attached hydrogens (tertiary/aromatic N) is 1. The molecule has 1 atom stereocenters. The third kappa shape index (κ3) is 4.64. The van der Waals surface area contributed by atoms with Crippen molar-refractivity contribution < 1.29 is 14.3 Å². The van der Waals surface area contributed by atoms with E-state index in [1.54, 1.807) is 31.7 Å². The second-order valence-electron chi connectivity index (χ2n) is 8.16. The van der Waals surface area contributed by atoms with Crippen molar-refractivity contribution in [2.45, 2.75) is 46.5 Å². The lowest BCUT2D eigenvalue weighted by Gasteiger charge is -2.41. The Bertz CT molecular complexity index is 967. The van der Waals surface area contributed by atoms with E-state index >= 15 is 0 Å². The minimum Gasteiger partial charge on any atom is -0.466 e. The average Bonchev–Trinajstić information content (AvgIpc) is 2.72. The summed E-state index contributed by atoms with van der Waals surface area (Å²) in [5.41, 5.74) is 1.53. The number of H-pyrrole nitrogens is 1. The number of pyridine rings is 1. The third-order valence-corrected chi connectivity index (χ3v) is 5.89. The number of carbonyl (C=O) groups excluding carboxylic acids is 2. The van der Waals surface area contributed by atoms with Crippen LogP contribution in [0.15, 0.2) is 41.2 Å². The van der Waals surface area contributed by atoms with E-state index in [1.165, 1.54) is 0 Å². The van der Waals surface area contributed by atoms with Crippen molar-refractivity contribution in [3.05, 3.63) is 69.1 Å². The van der Waals surface area contributed by atoms with E-state index in [0.29, 0.717) is 38.0 Å². The van der Waals surface area contributed by atoms with E-state index in [2.05, 4.69) is 4.98 Å². The lowest BCUT2D eigenvalue weighted by molar-refractivity contribution is -0.159. The van der Waals surface area contributed by atoms with Crippen LogP contribution in [0.1, 0.15) is 53.4 Å². The Hall–Kier alpha value is -2.89. The number of rotatable bonds is 6. The van der Waals surface area contributed by atoms with E-state index in [4.69, 9.17) is 4.74 Å². The van der Waals surface area contributed by atoms with Crippen LogP contribution >= 0.6 is 0 Å². The molecule has 6 heteroatoms. The van der Waals surface area contributed by atoms with Crippen molar-refractivity contribution in [2.75, 3.05) is 19.7 Å². The van der Waals surface area contributed by atoms with Gasteiger partial charge in [-0.2, -0.15) is 0 Å². The van der Waals surface area contributed by atoms with Crippen molar-refractivity contribution in [2.24, 2.45) is 5.41 Å². The van der Waals surface area contributed by atoms with Gasteiger partial charge in [0.25, 0.3) is 11.5 Å². The smallest absolute Gasteiger partial charge is 0.313 e. The fourth-order valence-electron chi connectivity index (χ4n) is 4.37. The summed E-state index contributed by atoms with van der Waals surface area (Å²) in [5, 5.41) is 0. The fourth-order valence-corrected chi connectivity index (χ4v) is 4.37. The quantitative estimate of drug-likeness (QED) is 0.740. The van der Waals surface area contributed by atoms with Gasteiger partial charge in [-0.15, -0.1) is 0 Å². The maximum atomic E-state index is 13.2. The Labute approximate surface area is 177 Å². The summed E-state index contributed by atoms with van der Waals surface area (Å²) in [7, 11) is 0. The minimum absolute atomic E-state index is 0.156. The van der Waals surface area contributed by atoms with Gasteiger partial charge in [-0.25, -0.2) is 0 Å². The topological polar surface area (TPSA) is 79.5 Å². The highest BCUT2D eigenvalue weighted by Crippen LogP contribution is 2.37. The monoisotopic (exact) mass is 410 g/mol. The molecule has 2 heterocycles. The number of aromatic amines is 1. The molecule has 1 fully saturated rings. The Morgan fingerprint density at radius 1 is 1.20 bits per heavy atom. The number of piperidine rings is 1. The van der Waals surface area contributed by atoms with E-state index < -0.39 is 5.41 Å². The minimum atomic E-state index is -0.759. The summed E-state index contributed by atoms with van der Waals surface area (Å²) >= 11 is 0. The van der Waals surface area contributed by atoms with Crippen LogP contribution in [0, 0.1) is 19.3 Å². The average molecular weight is 411 g/mol. The van der Waals surface area contributed by atoms with Gasteiger partial charge >= 0.3 is 5.97 Å². The number of esters is 1. The molecule has 2 aromatic rings. The SMILES string of the molecule is CCOC(=O)[C@]1(CCc2ccccc2)CCCN(C(=O)c2c(C)cc(C)[nH]c2=O)C1. The molecular weight excluding hydrogens is 380 g/mol. The summed E-state index contributed by atoms with van der Waals surface area (Å²) in [6, 6.07) is 11.8. The number of aryl methyl sites for hydroxylation is 3. The van der Waals surface area contributed by atoms with Gasteiger partial charge in [0.1, 0.15) is 5.56 Å². The first-order valence-corrected chi connectivity index (χ1v) is 10.6. The predicted molar refractivity (Wildman–Crippen MR) is 116 cm³/mol. The number of hydrogen-bond donors (Lipinski definition) is 1. The molecule has 1 aliphatic rings. The number of ether oxygens (including phenoxy) is 1. The maximum Gasteiger partial charge on any atom is 0.313 e. The van der Waals surface area contributed by atoms with Crippen molar-refractivity contribution in [1.82, 2.24) is 9.88 Å². The summed E-state index contributed by atoms with van der Waals surface area (Å²) in [4.78, 5) is 43.1. The Morgan fingerprint density at radius 3 is 2.60 bits per heavy atom. The van der Waals surface area contributed by atoms with Gasteiger partial charge in [0.05, 0.1) is 12.0 Å². The zero-order chi connectivity index (χ0) is 21.7. The van der Waals surface area contributed by atoms with Gasteiger partial charge in [-0.05, 0) is 63.6 Å². The van der Waals surface area contributed by atoms with E-state index in [1.807, 2.05) is 30.3 Å². The number of likely N-dealkylation sites (tertiary alicyclic amines) is 1. The predicted octanol–water partition coefficient (Wildman–Crippen LogP) is 3.41. The summed E-state index contributed by atoms with van der Waals surface area (Å²) < 4.78 is 5.43. The van der Waals surface area contributed by atoms with Crippen LogP contribution in [0.5, 0.6) is 0 Å². The lowest BCUT2D eigenvalue weighted by Crippen LogP contribution is -2.51. The van der Waals surface area contributed by atoms with Crippen LogP contribution in [0.25, 0.3) is 0 Å². The normalized spacial score (nSPS) is 18.8. The number of hydrogen-bond acceptors (Lipinski definition) is 4. The zero-order valence-corrected chi connectivity index (χ0v) is 18.0. The highest BCUT2D eigenvalue weighted by Gasteiger charge is 2.44. The molecule has 6 nitrogen and oxygen atoms in total. The fraction of sp³-hybridized carbons (Fsp3) is 0.458. The molecule has 0 aliphatic carbocycles. The summed E-state index contributed by atoms with van der Waals surface area (Å²) in [5.74, 6) is -0.574. The highest BCUT2D eigenvalue weighted by atomic mass is 16.5.